The monoisotopic (exact) mass is 475 g/mol. The summed E-state index contributed by atoms with van der Waals surface area (Å²) < 4.78 is 52.9. The van der Waals surface area contributed by atoms with Gasteiger partial charge in [0.1, 0.15) is 6.04 Å². The Kier molecular flexibility index (Phi) is 14.0. The third-order valence-electron chi connectivity index (χ3n) is 3.81. The molecule has 0 bridgehead atoms. The lowest BCUT2D eigenvalue weighted by atomic mass is 10.2. The van der Waals surface area contributed by atoms with Gasteiger partial charge >= 0.3 is 27.1 Å². The van der Waals surface area contributed by atoms with Gasteiger partial charge in [0, 0.05) is 35.4 Å². The number of hydrogen-bond acceptors (Lipinski definition) is 11. The van der Waals surface area contributed by atoms with Crippen molar-refractivity contribution in [3.63, 3.8) is 0 Å². The second kappa shape index (κ2) is 14.7. The van der Waals surface area contributed by atoms with Crippen molar-refractivity contribution in [2.75, 3.05) is 54.0 Å². The van der Waals surface area contributed by atoms with Crippen LogP contribution in [0.15, 0.2) is 0 Å². The minimum absolute atomic E-state index is 0.0347. The first kappa shape index (κ1) is 28.7. The Morgan fingerprint density at radius 2 is 1.23 bits per heavy atom. The molecular formula is C16H31NO11P2. The van der Waals surface area contributed by atoms with Crippen LogP contribution in [0, 0.1) is 0 Å². The third-order valence-corrected chi connectivity index (χ3v) is 7.76. The Balaban J connectivity index is 4.50. The van der Waals surface area contributed by atoms with Crippen molar-refractivity contribution in [2.45, 2.75) is 32.2 Å². The van der Waals surface area contributed by atoms with Crippen molar-refractivity contribution in [2.24, 2.45) is 0 Å². The predicted molar refractivity (Wildman–Crippen MR) is 106 cm³/mol. The molecule has 30 heavy (non-hydrogen) atoms. The molecule has 0 fully saturated rings. The summed E-state index contributed by atoms with van der Waals surface area (Å²) in [6.45, 7) is 1.01. The van der Waals surface area contributed by atoms with E-state index in [0.717, 1.165) is 0 Å². The fourth-order valence-corrected chi connectivity index (χ4v) is 4.22. The highest BCUT2D eigenvalue weighted by molar-refractivity contribution is 7.54. The Bertz CT molecular complexity index is 639. The van der Waals surface area contributed by atoms with E-state index < -0.39 is 45.5 Å². The van der Waals surface area contributed by atoms with Crippen molar-refractivity contribution < 1.29 is 51.1 Å². The molecular weight excluding hydrogens is 444 g/mol. The molecule has 0 saturated carbocycles. The number of rotatable bonds is 16. The zero-order chi connectivity index (χ0) is 23.2. The van der Waals surface area contributed by atoms with Gasteiger partial charge in [-0.25, -0.2) is 4.79 Å². The van der Waals surface area contributed by atoms with Crippen LogP contribution in [0.25, 0.3) is 0 Å². The van der Waals surface area contributed by atoms with Crippen LogP contribution in [-0.2, 0) is 51.1 Å². The molecule has 0 heterocycles. The fourth-order valence-electron chi connectivity index (χ4n) is 2.15. The molecule has 0 spiro atoms. The number of hydrogen-bond donors (Lipinski definition) is 1. The summed E-state index contributed by atoms with van der Waals surface area (Å²) in [5, 5.41) is 2.32. The lowest BCUT2D eigenvalue weighted by Gasteiger charge is -2.17. The van der Waals surface area contributed by atoms with Crippen LogP contribution in [0.1, 0.15) is 26.2 Å². The number of esters is 2. The molecule has 0 aromatic rings. The SMILES string of the molecule is COP(=O)(CCCOC(=O)C[C@H](NC(C)=O)C(=O)OCCCP(=O)(OC)OC)OC. The van der Waals surface area contributed by atoms with Gasteiger partial charge in [-0.2, -0.15) is 0 Å². The van der Waals surface area contributed by atoms with E-state index >= 15 is 0 Å². The minimum Gasteiger partial charge on any atom is -0.466 e. The Morgan fingerprint density at radius 1 is 0.800 bits per heavy atom. The number of amides is 1. The molecule has 0 rings (SSSR count). The van der Waals surface area contributed by atoms with Gasteiger partial charge in [-0.05, 0) is 12.8 Å². The quantitative estimate of drug-likeness (QED) is 0.197. The summed E-state index contributed by atoms with van der Waals surface area (Å²) in [6.07, 6.45) is 0.0590. The van der Waals surface area contributed by atoms with Gasteiger partial charge in [0.05, 0.1) is 32.0 Å². The third kappa shape index (κ3) is 11.8. The van der Waals surface area contributed by atoms with Crippen LogP contribution < -0.4 is 5.32 Å². The van der Waals surface area contributed by atoms with Gasteiger partial charge in [-0.1, -0.05) is 0 Å². The van der Waals surface area contributed by atoms with E-state index in [1.807, 2.05) is 0 Å². The van der Waals surface area contributed by atoms with E-state index in [0.29, 0.717) is 0 Å². The average molecular weight is 475 g/mol. The molecule has 176 valence electrons. The van der Waals surface area contributed by atoms with E-state index in [1.54, 1.807) is 0 Å². The van der Waals surface area contributed by atoms with Crippen LogP contribution in [0.2, 0.25) is 0 Å². The summed E-state index contributed by atoms with van der Waals surface area (Å²) in [4.78, 5) is 35.4. The molecule has 0 aromatic carbocycles. The molecule has 1 N–H and O–H groups in total. The van der Waals surface area contributed by atoms with Gasteiger partial charge in [0.2, 0.25) is 5.91 Å². The van der Waals surface area contributed by atoms with E-state index in [4.69, 9.17) is 27.6 Å². The number of nitrogens with one attached hydrogen (secondary N) is 1. The lowest BCUT2D eigenvalue weighted by molar-refractivity contribution is -0.153. The number of carbonyl (C=O) groups is 3. The highest BCUT2D eigenvalue weighted by Gasteiger charge is 2.26. The topological polar surface area (TPSA) is 153 Å². The highest BCUT2D eigenvalue weighted by Crippen LogP contribution is 2.47. The van der Waals surface area contributed by atoms with Crippen LogP contribution in [-0.4, -0.2) is 77.9 Å². The Morgan fingerprint density at radius 3 is 1.63 bits per heavy atom. The first-order valence-electron chi connectivity index (χ1n) is 9.05. The van der Waals surface area contributed by atoms with Gasteiger partial charge in [-0.15, -0.1) is 0 Å². The first-order chi connectivity index (χ1) is 14.0. The smallest absolute Gasteiger partial charge is 0.330 e. The highest BCUT2D eigenvalue weighted by atomic mass is 31.2. The van der Waals surface area contributed by atoms with E-state index in [-0.39, 0.29) is 38.4 Å². The van der Waals surface area contributed by atoms with E-state index in [2.05, 4.69) is 5.32 Å². The van der Waals surface area contributed by atoms with E-state index in [1.165, 1.54) is 35.4 Å². The maximum Gasteiger partial charge on any atom is 0.330 e. The zero-order valence-electron chi connectivity index (χ0n) is 17.9. The van der Waals surface area contributed by atoms with Crippen molar-refractivity contribution >= 4 is 33.0 Å². The summed E-state index contributed by atoms with van der Waals surface area (Å²) >= 11 is 0. The summed E-state index contributed by atoms with van der Waals surface area (Å²) in [7, 11) is -1.41. The van der Waals surface area contributed by atoms with Gasteiger partial charge in [0.25, 0.3) is 0 Å². The summed E-state index contributed by atoms with van der Waals surface area (Å²) in [6, 6.07) is -1.24. The van der Waals surface area contributed by atoms with Crippen molar-refractivity contribution in [1.82, 2.24) is 5.32 Å². The standard InChI is InChI=1S/C16H31NO11P2/c1-13(18)17-14(16(20)28-9-7-11-30(22,25-4)26-5)12-15(19)27-8-6-10-29(21,23-2)24-3/h14H,6-12H2,1-5H3,(H,17,18)/t14-/m0/s1. The fraction of sp³-hybridized carbons (Fsp3) is 0.812. The largest absolute Gasteiger partial charge is 0.466 e. The molecule has 12 nitrogen and oxygen atoms in total. The maximum absolute atomic E-state index is 12.2. The minimum atomic E-state index is -3.22. The molecule has 1 atom stereocenters. The molecule has 0 unspecified atom stereocenters. The molecule has 1 amide bonds. The Labute approximate surface area is 176 Å². The van der Waals surface area contributed by atoms with Crippen molar-refractivity contribution in [3.8, 4) is 0 Å². The van der Waals surface area contributed by atoms with Crippen LogP contribution in [0.4, 0.5) is 0 Å². The van der Waals surface area contributed by atoms with Gasteiger partial charge < -0.3 is 32.9 Å². The summed E-state index contributed by atoms with van der Waals surface area (Å²) in [5.41, 5.74) is 0. The Hall–Kier alpha value is -1.29. The predicted octanol–water partition coefficient (Wildman–Crippen LogP) is 1.72. The average Bonchev–Trinajstić information content (AvgIpc) is 2.72. The second-order valence-electron chi connectivity index (χ2n) is 5.95. The molecule has 0 aliphatic carbocycles. The van der Waals surface area contributed by atoms with Crippen LogP contribution >= 0.6 is 15.2 Å². The lowest BCUT2D eigenvalue weighted by Crippen LogP contribution is -2.42. The van der Waals surface area contributed by atoms with Crippen LogP contribution in [0.3, 0.4) is 0 Å². The van der Waals surface area contributed by atoms with Crippen molar-refractivity contribution in [1.29, 1.82) is 0 Å². The molecule has 0 aromatic heterocycles. The molecule has 0 aliphatic rings. The second-order valence-corrected chi connectivity index (χ2v) is 10.8. The molecule has 0 saturated heterocycles. The number of ether oxygens (including phenoxy) is 2. The summed E-state index contributed by atoms with van der Waals surface area (Å²) in [5.74, 6) is -2.12. The number of carbonyl (C=O) groups excluding carboxylic acids is 3. The molecule has 14 heteroatoms. The van der Waals surface area contributed by atoms with Gasteiger partial charge in [-0.3, -0.25) is 18.7 Å². The maximum atomic E-state index is 12.2. The molecule has 0 aliphatic heterocycles. The zero-order valence-corrected chi connectivity index (χ0v) is 19.7. The van der Waals surface area contributed by atoms with E-state index in [9.17, 15) is 23.5 Å². The van der Waals surface area contributed by atoms with Gasteiger partial charge in [0.15, 0.2) is 0 Å². The molecule has 0 radical (unpaired) electrons. The first-order valence-corrected chi connectivity index (χ1v) is 12.5. The normalized spacial score (nSPS) is 12.8. The van der Waals surface area contributed by atoms with Crippen LogP contribution in [0.5, 0.6) is 0 Å². The van der Waals surface area contributed by atoms with Crippen molar-refractivity contribution in [3.05, 3.63) is 0 Å².